The molecule has 1 N–H and O–H groups in total. The van der Waals surface area contributed by atoms with Crippen molar-refractivity contribution in [2.45, 2.75) is 39.2 Å². The van der Waals surface area contributed by atoms with Crippen LogP contribution >= 0.6 is 0 Å². The van der Waals surface area contributed by atoms with Crippen LogP contribution in [0.1, 0.15) is 33.1 Å². The van der Waals surface area contributed by atoms with Crippen molar-refractivity contribution in [3.63, 3.8) is 0 Å². The van der Waals surface area contributed by atoms with Crippen LogP contribution in [0.25, 0.3) is 0 Å². The molecule has 9 heavy (non-hydrogen) atoms. The molecule has 2 heteroatoms. The number of ether oxygens (including phenoxy) is 1. The second-order valence-electron chi connectivity index (χ2n) is 2.25. The van der Waals surface area contributed by atoms with Gasteiger partial charge in [-0.15, -0.1) is 0 Å². The Morgan fingerprint density at radius 1 is 1.56 bits per heavy atom. The first kappa shape index (κ1) is 8.92. The first-order chi connectivity index (χ1) is 4.31. The molecule has 1 unspecified atom stereocenters. The van der Waals surface area contributed by atoms with E-state index in [4.69, 9.17) is 9.84 Å². The molecule has 2 nitrogen and oxygen atoms in total. The van der Waals surface area contributed by atoms with E-state index >= 15 is 0 Å². The van der Waals surface area contributed by atoms with Gasteiger partial charge in [-0.25, -0.2) is 0 Å². The van der Waals surface area contributed by atoms with Crippen molar-refractivity contribution in [1.29, 1.82) is 0 Å². The lowest BCUT2D eigenvalue weighted by molar-refractivity contribution is -0.0455. The van der Waals surface area contributed by atoms with E-state index in [1.165, 1.54) is 12.8 Å². The van der Waals surface area contributed by atoms with Gasteiger partial charge in [-0.3, -0.25) is 0 Å². The molecule has 0 spiro atoms. The Labute approximate surface area is 56.8 Å². The van der Waals surface area contributed by atoms with Crippen LogP contribution in [0.5, 0.6) is 0 Å². The molecule has 0 saturated carbocycles. The summed E-state index contributed by atoms with van der Waals surface area (Å²) in [7, 11) is 0. The van der Waals surface area contributed by atoms with E-state index in [0.717, 1.165) is 6.42 Å². The average Bonchev–Trinajstić information content (AvgIpc) is 1.85. The Bertz CT molecular complexity index is 54.9. The third kappa shape index (κ3) is 5.80. The molecule has 0 aliphatic heterocycles. The molecule has 0 aliphatic carbocycles. The summed E-state index contributed by atoms with van der Waals surface area (Å²) in [6.45, 7) is 3.97. The van der Waals surface area contributed by atoms with Crippen molar-refractivity contribution < 1.29 is 9.84 Å². The maximum atomic E-state index is 8.31. The maximum absolute atomic E-state index is 8.31. The van der Waals surface area contributed by atoms with E-state index in [-0.39, 0.29) is 12.9 Å². The summed E-state index contributed by atoms with van der Waals surface area (Å²) in [6.07, 6.45) is 3.65. The summed E-state index contributed by atoms with van der Waals surface area (Å²) in [5.74, 6) is 0. The zero-order valence-electron chi connectivity index (χ0n) is 6.26. The van der Waals surface area contributed by atoms with Crippen LogP contribution in [0.15, 0.2) is 0 Å². The molecule has 0 radical (unpaired) electrons. The Hall–Kier alpha value is -0.0800. The Kier molecular flexibility index (Phi) is 5.99. The molecule has 0 aromatic rings. The molecule has 0 fully saturated rings. The highest BCUT2D eigenvalue weighted by Gasteiger charge is 1.97. The Morgan fingerprint density at radius 2 is 2.22 bits per heavy atom. The lowest BCUT2D eigenvalue weighted by Crippen LogP contribution is -2.08. The molecule has 0 saturated heterocycles. The van der Waals surface area contributed by atoms with E-state index in [0.29, 0.717) is 0 Å². The SMILES string of the molecule is CCCCC(C)OCO. The normalized spacial score (nSPS) is 13.7. The number of aliphatic hydroxyl groups is 1. The quantitative estimate of drug-likeness (QED) is 0.575. The summed E-state index contributed by atoms with van der Waals surface area (Å²) < 4.78 is 4.90. The number of hydrogen-bond donors (Lipinski definition) is 1. The van der Waals surface area contributed by atoms with Crippen LogP contribution < -0.4 is 0 Å². The van der Waals surface area contributed by atoms with Crippen LogP contribution in [0.4, 0.5) is 0 Å². The van der Waals surface area contributed by atoms with E-state index in [9.17, 15) is 0 Å². The van der Waals surface area contributed by atoms with Gasteiger partial charge in [0.25, 0.3) is 0 Å². The van der Waals surface area contributed by atoms with Crippen molar-refractivity contribution in [2.75, 3.05) is 6.79 Å². The minimum atomic E-state index is -0.148. The lowest BCUT2D eigenvalue weighted by atomic mass is 10.2. The highest BCUT2D eigenvalue weighted by atomic mass is 16.6. The molecular weight excluding hydrogens is 116 g/mol. The fourth-order valence-electron chi connectivity index (χ4n) is 0.702. The van der Waals surface area contributed by atoms with Crippen molar-refractivity contribution >= 4 is 0 Å². The van der Waals surface area contributed by atoms with Crippen LogP contribution in [0.3, 0.4) is 0 Å². The first-order valence-corrected chi connectivity index (χ1v) is 3.53. The summed E-state index contributed by atoms with van der Waals surface area (Å²) in [6, 6.07) is 0. The van der Waals surface area contributed by atoms with E-state index in [1.807, 2.05) is 6.92 Å². The van der Waals surface area contributed by atoms with Crippen molar-refractivity contribution in [3.8, 4) is 0 Å². The molecule has 1 atom stereocenters. The predicted molar refractivity (Wildman–Crippen MR) is 37.2 cm³/mol. The lowest BCUT2D eigenvalue weighted by Gasteiger charge is -2.08. The molecular formula is C7H16O2. The molecule has 0 heterocycles. The van der Waals surface area contributed by atoms with Gasteiger partial charge in [0.1, 0.15) is 6.79 Å². The summed E-state index contributed by atoms with van der Waals surface area (Å²) in [5.41, 5.74) is 0. The zero-order chi connectivity index (χ0) is 7.11. The smallest absolute Gasteiger partial charge is 0.143 e. The van der Waals surface area contributed by atoms with Crippen molar-refractivity contribution in [3.05, 3.63) is 0 Å². The zero-order valence-corrected chi connectivity index (χ0v) is 6.26. The van der Waals surface area contributed by atoms with Crippen LogP contribution in [0, 0.1) is 0 Å². The molecule has 56 valence electrons. The van der Waals surface area contributed by atoms with E-state index in [1.54, 1.807) is 0 Å². The second kappa shape index (κ2) is 6.05. The molecule has 0 aromatic carbocycles. The summed E-state index contributed by atoms with van der Waals surface area (Å²) >= 11 is 0. The van der Waals surface area contributed by atoms with Crippen molar-refractivity contribution in [2.24, 2.45) is 0 Å². The largest absolute Gasteiger partial charge is 0.371 e. The van der Waals surface area contributed by atoms with Gasteiger partial charge in [0.15, 0.2) is 0 Å². The van der Waals surface area contributed by atoms with Gasteiger partial charge in [0.2, 0.25) is 0 Å². The van der Waals surface area contributed by atoms with Crippen LogP contribution in [-0.4, -0.2) is 18.0 Å². The molecule has 0 bridgehead atoms. The summed E-state index contributed by atoms with van der Waals surface area (Å²) in [4.78, 5) is 0. The fourth-order valence-corrected chi connectivity index (χ4v) is 0.702. The minimum Gasteiger partial charge on any atom is -0.371 e. The molecule has 0 amide bonds. The summed E-state index contributed by atoms with van der Waals surface area (Å²) in [5, 5.41) is 8.31. The van der Waals surface area contributed by atoms with Crippen molar-refractivity contribution in [1.82, 2.24) is 0 Å². The number of rotatable bonds is 5. The standard InChI is InChI=1S/C7H16O2/c1-3-4-5-7(2)9-6-8/h7-8H,3-6H2,1-2H3. The number of unbranched alkanes of at least 4 members (excludes halogenated alkanes) is 1. The average molecular weight is 132 g/mol. The Balaban J connectivity index is 2.95. The van der Waals surface area contributed by atoms with Gasteiger partial charge >= 0.3 is 0 Å². The van der Waals surface area contributed by atoms with E-state index in [2.05, 4.69) is 6.92 Å². The van der Waals surface area contributed by atoms with Crippen LogP contribution in [0.2, 0.25) is 0 Å². The second-order valence-corrected chi connectivity index (χ2v) is 2.25. The van der Waals surface area contributed by atoms with Gasteiger partial charge in [-0.05, 0) is 13.3 Å². The minimum absolute atomic E-state index is 0.148. The third-order valence-corrected chi connectivity index (χ3v) is 1.32. The maximum Gasteiger partial charge on any atom is 0.143 e. The molecule has 0 rings (SSSR count). The monoisotopic (exact) mass is 132 g/mol. The molecule has 0 aromatic heterocycles. The molecule has 0 aliphatic rings. The van der Waals surface area contributed by atoms with Gasteiger partial charge in [0, 0.05) is 0 Å². The predicted octanol–water partition coefficient (Wildman–Crippen LogP) is 1.53. The number of aliphatic hydroxyl groups excluding tert-OH is 1. The number of hydrogen-bond acceptors (Lipinski definition) is 2. The topological polar surface area (TPSA) is 29.5 Å². The van der Waals surface area contributed by atoms with Crippen LogP contribution in [-0.2, 0) is 4.74 Å². The highest BCUT2D eigenvalue weighted by Crippen LogP contribution is 2.02. The third-order valence-electron chi connectivity index (χ3n) is 1.32. The van der Waals surface area contributed by atoms with Gasteiger partial charge in [-0.2, -0.15) is 0 Å². The fraction of sp³-hybridized carbons (Fsp3) is 1.00. The Morgan fingerprint density at radius 3 is 2.67 bits per heavy atom. The van der Waals surface area contributed by atoms with Gasteiger partial charge in [0.05, 0.1) is 6.10 Å². The van der Waals surface area contributed by atoms with Gasteiger partial charge < -0.3 is 9.84 Å². The van der Waals surface area contributed by atoms with E-state index < -0.39 is 0 Å². The van der Waals surface area contributed by atoms with Gasteiger partial charge in [-0.1, -0.05) is 19.8 Å². The highest BCUT2D eigenvalue weighted by molar-refractivity contribution is 4.47. The first-order valence-electron chi connectivity index (χ1n) is 3.53.